The molecule has 0 bridgehead atoms. The van der Waals surface area contributed by atoms with Crippen LogP contribution in [0.2, 0.25) is 5.02 Å². The van der Waals surface area contributed by atoms with Crippen molar-refractivity contribution in [2.24, 2.45) is 0 Å². The summed E-state index contributed by atoms with van der Waals surface area (Å²) < 4.78 is 11.0. The number of methoxy groups -OCH3 is 1. The predicted molar refractivity (Wildman–Crippen MR) is 148 cm³/mol. The van der Waals surface area contributed by atoms with Crippen molar-refractivity contribution in [1.29, 1.82) is 0 Å². The molecule has 0 radical (unpaired) electrons. The van der Waals surface area contributed by atoms with E-state index in [1.807, 2.05) is 32.0 Å². The van der Waals surface area contributed by atoms with E-state index >= 15 is 0 Å². The van der Waals surface area contributed by atoms with E-state index in [0.717, 1.165) is 16.0 Å². The molecule has 1 saturated heterocycles. The Bertz CT molecular complexity index is 1530. The van der Waals surface area contributed by atoms with Gasteiger partial charge in [-0.25, -0.2) is 9.69 Å². The number of rotatable bonds is 7. The molecule has 1 heterocycles. The molecule has 1 aliphatic heterocycles. The number of urea groups is 1. The number of barbiturate groups is 1. The van der Waals surface area contributed by atoms with Crippen LogP contribution in [0.1, 0.15) is 22.3 Å². The Morgan fingerprint density at radius 1 is 1.00 bits per heavy atom. The van der Waals surface area contributed by atoms with E-state index in [1.165, 1.54) is 13.2 Å². The molecular weight excluding hydrogens is 522 g/mol. The molecule has 0 spiro atoms. The van der Waals surface area contributed by atoms with Gasteiger partial charge in [0.05, 0.1) is 12.8 Å². The fourth-order valence-corrected chi connectivity index (χ4v) is 4.10. The summed E-state index contributed by atoms with van der Waals surface area (Å²) in [6.45, 7) is 5.36. The minimum atomic E-state index is -0.868. The number of aryl methyl sites for hydroxylation is 2. The molecular formula is C29H26ClN3O6. The third kappa shape index (κ3) is 5.94. The van der Waals surface area contributed by atoms with Crippen molar-refractivity contribution in [3.05, 3.63) is 87.4 Å². The third-order valence-electron chi connectivity index (χ3n) is 6.23. The highest BCUT2D eigenvalue weighted by Crippen LogP contribution is 2.32. The fraction of sp³-hybridized carbons (Fsp3) is 0.172. The lowest BCUT2D eigenvalue weighted by atomic mass is 10.1. The zero-order chi connectivity index (χ0) is 28.3. The number of nitrogens with one attached hydrogen (secondary N) is 2. The second-order valence-corrected chi connectivity index (χ2v) is 9.30. The summed E-state index contributed by atoms with van der Waals surface area (Å²) in [6.07, 6.45) is 1.34. The SMILES string of the molecule is COc1cc(/C=C2/C(=O)NC(=O)N(c3cccc(Cl)c3C)C2=O)ccc1OCC(=O)Nc1ccc(C)c(C)c1. The second kappa shape index (κ2) is 11.4. The Labute approximate surface area is 230 Å². The van der Waals surface area contributed by atoms with E-state index in [1.54, 1.807) is 43.3 Å². The average Bonchev–Trinajstić information content (AvgIpc) is 2.90. The van der Waals surface area contributed by atoms with Crippen molar-refractivity contribution in [2.45, 2.75) is 20.8 Å². The summed E-state index contributed by atoms with van der Waals surface area (Å²) in [6, 6.07) is 14.3. The lowest BCUT2D eigenvalue weighted by Gasteiger charge is -2.27. The highest BCUT2D eigenvalue weighted by atomic mass is 35.5. The number of hydrogen-bond acceptors (Lipinski definition) is 6. The van der Waals surface area contributed by atoms with Crippen molar-refractivity contribution >= 4 is 52.8 Å². The van der Waals surface area contributed by atoms with E-state index in [0.29, 0.717) is 27.6 Å². The van der Waals surface area contributed by atoms with Crippen molar-refractivity contribution < 1.29 is 28.7 Å². The van der Waals surface area contributed by atoms with Gasteiger partial charge in [-0.05, 0) is 85.5 Å². The highest BCUT2D eigenvalue weighted by Gasteiger charge is 2.37. The average molecular weight is 548 g/mol. The van der Waals surface area contributed by atoms with Crippen LogP contribution in [0.5, 0.6) is 11.5 Å². The van der Waals surface area contributed by atoms with Gasteiger partial charge >= 0.3 is 6.03 Å². The topological polar surface area (TPSA) is 114 Å². The van der Waals surface area contributed by atoms with E-state index in [9.17, 15) is 19.2 Å². The molecule has 0 aromatic heterocycles. The van der Waals surface area contributed by atoms with E-state index in [-0.39, 0.29) is 29.5 Å². The summed E-state index contributed by atoms with van der Waals surface area (Å²) in [5.41, 5.74) is 3.81. The van der Waals surface area contributed by atoms with Crippen LogP contribution >= 0.6 is 11.6 Å². The molecule has 10 heteroatoms. The van der Waals surface area contributed by atoms with Crippen LogP contribution in [-0.2, 0) is 14.4 Å². The van der Waals surface area contributed by atoms with Crippen LogP contribution in [0.15, 0.2) is 60.2 Å². The lowest BCUT2D eigenvalue weighted by molar-refractivity contribution is -0.122. The number of ether oxygens (including phenoxy) is 2. The number of halogens is 1. The zero-order valence-electron chi connectivity index (χ0n) is 21.8. The molecule has 3 aromatic rings. The van der Waals surface area contributed by atoms with Gasteiger partial charge in [-0.2, -0.15) is 0 Å². The van der Waals surface area contributed by atoms with Crippen LogP contribution in [0.25, 0.3) is 6.08 Å². The van der Waals surface area contributed by atoms with Crippen LogP contribution in [0.3, 0.4) is 0 Å². The van der Waals surface area contributed by atoms with Crippen molar-refractivity contribution in [2.75, 3.05) is 23.9 Å². The van der Waals surface area contributed by atoms with Gasteiger partial charge in [-0.3, -0.25) is 19.7 Å². The Morgan fingerprint density at radius 2 is 1.77 bits per heavy atom. The lowest BCUT2D eigenvalue weighted by Crippen LogP contribution is -2.54. The summed E-state index contributed by atoms with van der Waals surface area (Å²) in [5.74, 6) is -1.40. The van der Waals surface area contributed by atoms with Crippen LogP contribution in [0, 0.1) is 20.8 Å². The van der Waals surface area contributed by atoms with Gasteiger partial charge in [0.25, 0.3) is 17.7 Å². The first-order chi connectivity index (χ1) is 18.6. The van der Waals surface area contributed by atoms with Crippen LogP contribution < -0.4 is 25.0 Å². The standard InChI is InChI=1S/C29H26ClN3O6/c1-16-8-10-20(12-17(16)2)31-26(34)15-39-24-11-9-19(14-25(24)38-4)13-21-27(35)32-29(37)33(28(21)36)23-7-5-6-22(30)18(23)3/h5-14H,15H2,1-4H3,(H,31,34)(H,32,35,37)/b21-13-. The van der Waals surface area contributed by atoms with Crippen LogP contribution in [0.4, 0.5) is 16.2 Å². The van der Waals surface area contributed by atoms with E-state index in [2.05, 4.69) is 10.6 Å². The number of amides is 5. The maximum absolute atomic E-state index is 13.2. The molecule has 1 aliphatic rings. The van der Waals surface area contributed by atoms with E-state index in [4.69, 9.17) is 21.1 Å². The second-order valence-electron chi connectivity index (χ2n) is 8.89. The van der Waals surface area contributed by atoms with Crippen LogP contribution in [-0.4, -0.2) is 37.5 Å². The number of carbonyl (C=O) groups is 4. The van der Waals surface area contributed by atoms with Crippen molar-refractivity contribution in [1.82, 2.24) is 5.32 Å². The number of imide groups is 2. The van der Waals surface area contributed by atoms with Gasteiger partial charge in [0, 0.05) is 10.7 Å². The van der Waals surface area contributed by atoms with Gasteiger partial charge in [0.2, 0.25) is 0 Å². The third-order valence-corrected chi connectivity index (χ3v) is 6.64. The Hall–Kier alpha value is -4.63. The molecule has 0 saturated carbocycles. The van der Waals surface area contributed by atoms with Gasteiger partial charge in [0.1, 0.15) is 5.57 Å². The minimum absolute atomic E-state index is 0.252. The normalized spacial score (nSPS) is 14.3. The number of benzene rings is 3. The van der Waals surface area contributed by atoms with Gasteiger partial charge < -0.3 is 14.8 Å². The quantitative estimate of drug-likeness (QED) is 0.319. The molecule has 200 valence electrons. The first-order valence-corrected chi connectivity index (χ1v) is 12.3. The molecule has 1 fully saturated rings. The summed E-state index contributed by atoms with van der Waals surface area (Å²) in [5, 5.41) is 5.35. The molecule has 4 rings (SSSR count). The Kier molecular flexibility index (Phi) is 8.01. The van der Waals surface area contributed by atoms with Gasteiger partial charge in [-0.1, -0.05) is 29.8 Å². The molecule has 0 atom stereocenters. The number of carbonyl (C=O) groups excluding carboxylic acids is 4. The molecule has 5 amide bonds. The molecule has 9 nitrogen and oxygen atoms in total. The van der Waals surface area contributed by atoms with Crippen molar-refractivity contribution in [3.63, 3.8) is 0 Å². The molecule has 3 aromatic carbocycles. The molecule has 0 unspecified atom stereocenters. The molecule has 0 aliphatic carbocycles. The maximum Gasteiger partial charge on any atom is 0.335 e. The Balaban J connectivity index is 1.52. The molecule has 2 N–H and O–H groups in total. The fourth-order valence-electron chi connectivity index (χ4n) is 3.93. The number of anilines is 2. The summed E-state index contributed by atoms with van der Waals surface area (Å²) in [4.78, 5) is 51.6. The number of hydrogen-bond donors (Lipinski definition) is 2. The molecule has 39 heavy (non-hydrogen) atoms. The van der Waals surface area contributed by atoms with Gasteiger partial charge in [-0.15, -0.1) is 0 Å². The van der Waals surface area contributed by atoms with Gasteiger partial charge in [0.15, 0.2) is 18.1 Å². The monoisotopic (exact) mass is 547 g/mol. The maximum atomic E-state index is 13.2. The highest BCUT2D eigenvalue weighted by molar-refractivity contribution is 6.40. The first kappa shape index (κ1) is 27.4. The van der Waals surface area contributed by atoms with E-state index < -0.39 is 17.8 Å². The summed E-state index contributed by atoms with van der Waals surface area (Å²) >= 11 is 6.17. The minimum Gasteiger partial charge on any atom is -0.493 e. The summed E-state index contributed by atoms with van der Waals surface area (Å²) in [7, 11) is 1.43. The first-order valence-electron chi connectivity index (χ1n) is 11.9. The number of nitrogens with zero attached hydrogens (tertiary/aromatic N) is 1. The Morgan fingerprint density at radius 3 is 2.49 bits per heavy atom. The largest absolute Gasteiger partial charge is 0.493 e. The smallest absolute Gasteiger partial charge is 0.335 e. The van der Waals surface area contributed by atoms with Crippen molar-refractivity contribution in [3.8, 4) is 11.5 Å². The predicted octanol–water partition coefficient (Wildman–Crippen LogP) is 4.96. The zero-order valence-corrected chi connectivity index (χ0v) is 22.5.